The molecule has 3 aromatic rings. The maximum absolute atomic E-state index is 12.5. The first-order chi connectivity index (χ1) is 11.5. The highest BCUT2D eigenvalue weighted by atomic mass is 35.5. The van der Waals surface area contributed by atoms with Crippen LogP contribution >= 0.6 is 34.8 Å². The molecular weight excluding hydrogens is 375 g/mol. The van der Waals surface area contributed by atoms with Gasteiger partial charge in [0.2, 0.25) is 0 Å². The van der Waals surface area contributed by atoms with Crippen molar-refractivity contribution in [1.82, 2.24) is 9.97 Å². The van der Waals surface area contributed by atoms with Gasteiger partial charge in [-0.1, -0.05) is 46.9 Å². The fraction of sp³-hybridized carbons (Fsp3) is 0.0625. The average Bonchev–Trinajstić information content (AvgIpc) is 2.57. The van der Waals surface area contributed by atoms with Crippen molar-refractivity contribution < 1.29 is 14.3 Å². The van der Waals surface area contributed by atoms with Crippen molar-refractivity contribution in [2.75, 3.05) is 7.11 Å². The molecule has 0 saturated heterocycles. The van der Waals surface area contributed by atoms with Gasteiger partial charge in [-0.2, -0.15) is 0 Å². The van der Waals surface area contributed by atoms with E-state index in [1.54, 1.807) is 24.3 Å². The third-order valence-electron chi connectivity index (χ3n) is 3.16. The lowest BCUT2D eigenvalue weighted by Gasteiger charge is -2.11. The summed E-state index contributed by atoms with van der Waals surface area (Å²) >= 11 is 18.1. The number of carbonyl (C=O) groups is 1. The number of fused-ring (bicyclic) bond motifs is 1. The normalized spacial score (nSPS) is 10.7. The third-order valence-corrected chi connectivity index (χ3v) is 4.01. The Kier molecular flexibility index (Phi) is 4.76. The van der Waals surface area contributed by atoms with Crippen LogP contribution in [0.4, 0.5) is 0 Å². The summed E-state index contributed by atoms with van der Waals surface area (Å²) < 4.78 is 10.4. The molecule has 0 saturated carbocycles. The topological polar surface area (TPSA) is 61.3 Å². The summed E-state index contributed by atoms with van der Waals surface area (Å²) in [6.07, 6.45) is 0. The van der Waals surface area contributed by atoms with Crippen LogP contribution in [-0.2, 0) is 0 Å². The Bertz CT molecular complexity index is 947. The minimum Gasteiger partial charge on any atom is -0.494 e. The van der Waals surface area contributed by atoms with Crippen LogP contribution in [0.25, 0.3) is 11.0 Å². The summed E-state index contributed by atoms with van der Waals surface area (Å²) in [5, 5.41) is 0.315. The molecule has 0 aliphatic rings. The number of para-hydroxylation sites is 2. The standard InChI is InChI=1S/C16H9Cl3N2O3/c1-23-13-9(18)7-6-8(17)12(13)16(22)24-15-14(19)20-10-4-2-3-5-11(10)21-15/h2-7H,1H3. The SMILES string of the molecule is COc1c(Cl)ccc(Cl)c1C(=O)Oc1nc2ccccc2nc1Cl. The van der Waals surface area contributed by atoms with Crippen LogP contribution in [0.3, 0.4) is 0 Å². The number of methoxy groups -OCH3 is 1. The van der Waals surface area contributed by atoms with Crippen molar-refractivity contribution in [3.63, 3.8) is 0 Å². The van der Waals surface area contributed by atoms with E-state index in [4.69, 9.17) is 44.3 Å². The molecule has 5 nitrogen and oxygen atoms in total. The monoisotopic (exact) mass is 382 g/mol. The molecule has 0 aliphatic carbocycles. The molecule has 0 atom stereocenters. The molecule has 0 unspecified atom stereocenters. The Morgan fingerprint density at radius 3 is 2.25 bits per heavy atom. The van der Waals surface area contributed by atoms with Crippen molar-refractivity contribution in [2.45, 2.75) is 0 Å². The average molecular weight is 384 g/mol. The summed E-state index contributed by atoms with van der Waals surface area (Å²) in [5.74, 6) is -0.816. The van der Waals surface area contributed by atoms with Crippen molar-refractivity contribution in [1.29, 1.82) is 0 Å². The second-order valence-corrected chi connectivity index (χ2v) is 5.81. The van der Waals surface area contributed by atoms with E-state index in [9.17, 15) is 4.79 Å². The highest BCUT2D eigenvalue weighted by Gasteiger charge is 2.23. The van der Waals surface area contributed by atoms with Crippen molar-refractivity contribution in [3.05, 3.63) is 57.2 Å². The second-order valence-electron chi connectivity index (χ2n) is 4.64. The molecule has 0 bridgehead atoms. The summed E-state index contributed by atoms with van der Waals surface area (Å²) in [6, 6.07) is 10.0. The lowest BCUT2D eigenvalue weighted by Crippen LogP contribution is -2.13. The molecule has 0 amide bonds. The first kappa shape index (κ1) is 16.8. The minimum atomic E-state index is -0.800. The molecule has 1 heterocycles. The summed E-state index contributed by atoms with van der Waals surface area (Å²) in [5.41, 5.74) is 1.10. The number of rotatable bonds is 3. The predicted octanol–water partition coefficient (Wildman–Crippen LogP) is 4.82. The maximum atomic E-state index is 12.5. The van der Waals surface area contributed by atoms with Crippen LogP contribution in [0.1, 0.15) is 10.4 Å². The number of halogens is 3. The Morgan fingerprint density at radius 2 is 1.58 bits per heavy atom. The Hall–Kier alpha value is -2.08. The highest BCUT2D eigenvalue weighted by molar-refractivity contribution is 6.37. The van der Waals surface area contributed by atoms with Crippen LogP contribution in [0.2, 0.25) is 15.2 Å². The minimum absolute atomic E-state index is 0.0160. The van der Waals surface area contributed by atoms with Gasteiger partial charge in [-0.15, -0.1) is 0 Å². The van der Waals surface area contributed by atoms with Crippen molar-refractivity contribution in [3.8, 4) is 11.6 Å². The van der Waals surface area contributed by atoms with Gasteiger partial charge in [0.1, 0.15) is 5.56 Å². The maximum Gasteiger partial charge on any atom is 0.350 e. The summed E-state index contributed by atoms with van der Waals surface area (Å²) in [4.78, 5) is 20.8. The number of aromatic nitrogens is 2. The molecule has 122 valence electrons. The molecule has 3 rings (SSSR count). The molecule has 8 heteroatoms. The summed E-state index contributed by atoms with van der Waals surface area (Å²) in [6.45, 7) is 0. The zero-order chi connectivity index (χ0) is 17.3. The molecule has 0 N–H and O–H groups in total. The third kappa shape index (κ3) is 3.11. The van der Waals surface area contributed by atoms with E-state index in [2.05, 4.69) is 9.97 Å². The van der Waals surface area contributed by atoms with Crippen molar-refractivity contribution in [2.24, 2.45) is 0 Å². The first-order valence-electron chi connectivity index (χ1n) is 6.67. The van der Waals surface area contributed by atoms with Crippen LogP contribution in [0.5, 0.6) is 11.6 Å². The van der Waals surface area contributed by atoms with Gasteiger partial charge in [0.25, 0.3) is 5.88 Å². The molecule has 0 radical (unpaired) electrons. The summed E-state index contributed by atoms with van der Waals surface area (Å²) in [7, 11) is 1.37. The van der Waals surface area contributed by atoms with E-state index in [0.717, 1.165) is 0 Å². The molecule has 1 aromatic heterocycles. The van der Waals surface area contributed by atoms with E-state index in [-0.39, 0.29) is 32.4 Å². The Labute approximate surface area is 152 Å². The zero-order valence-electron chi connectivity index (χ0n) is 12.2. The van der Waals surface area contributed by atoms with Gasteiger partial charge < -0.3 is 9.47 Å². The van der Waals surface area contributed by atoms with E-state index in [0.29, 0.717) is 11.0 Å². The van der Waals surface area contributed by atoms with Crippen LogP contribution in [0.15, 0.2) is 36.4 Å². The lowest BCUT2D eigenvalue weighted by atomic mass is 10.2. The van der Waals surface area contributed by atoms with E-state index in [1.807, 2.05) is 0 Å². The molecule has 2 aromatic carbocycles. The lowest BCUT2D eigenvalue weighted by molar-refractivity contribution is 0.0724. The van der Waals surface area contributed by atoms with Gasteiger partial charge in [-0.25, -0.2) is 14.8 Å². The number of hydrogen-bond donors (Lipinski definition) is 0. The number of nitrogens with zero attached hydrogens (tertiary/aromatic N) is 2. The highest BCUT2D eigenvalue weighted by Crippen LogP contribution is 2.35. The zero-order valence-corrected chi connectivity index (χ0v) is 14.5. The van der Waals surface area contributed by atoms with Crippen LogP contribution in [-0.4, -0.2) is 23.0 Å². The largest absolute Gasteiger partial charge is 0.494 e. The molecular formula is C16H9Cl3N2O3. The van der Waals surface area contributed by atoms with Crippen LogP contribution < -0.4 is 9.47 Å². The Balaban J connectivity index is 2.02. The van der Waals surface area contributed by atoms with Gasteiger partial charge in [0.05, 0.1) is 28.2 Å². The molecule has 24 heavy (non-hydrogen) atoms. The fourth-order valence-electron chi connectivity index (χ4n) is 2.09. The van der Waals surface area contributed by atoms with Gasteiger partial charge in [0, 0.05) is 0 Å². The number of esters is 1. The quantitative estimate of drug-likeness (QED) is 0.607. The van der Waals surface area contributed by atoms with Gasteiger partial charge in [0.15, 0.2) is 10.9 Å². The second kappa shape index (κ2) is 6.81. The molecule has 0 fully saturated rings. The number of hydrogen-bond acceptors (Lipinski definition) is 5. The van der Waals surface area contributed by atoms with E-state index < -0.39 is 5.97 Å². The van der Waals surface area contributed by atoms with Gasteiger partial charge in [-0.3, -0.25) is 0 Å². The van der Waals surface area contributed by atoms with E-state index >= 15 is 0 Å². The fourth-order valence-corrected chi connectivity index (χ4v) is 2.72. The smallest absolute Gasteiger partial charge is 0.350 e. The van der Waals surface area contributed by atoms with Gasteiger partial charge in [-0.05, 0) is 24.3 Å². The van der Waals surface area contributed by atoms with E-state index in [1.165, 1.54) is 19.2 Å². The molecule has 0 aliphatic heterocycles. The predicted molar refractivity (Wildman–Crippen MR) is 92.5 cm³/mol. The number of ether oxygens (including phenoxy) is 2. The molecule has 0 spiro atoms. The van der Waals surface area contributed by atoms with Crippen LogP contribution in [0, 0.1) is 0 Å². The number of benzene rings is 2. The Morgan fingerprint density at radius 1 is 0.958 bits per heavy atom. The van der Waals surface area contributed by atoms with Crippen molar-refractivity contribution >= 4 is 51.8 Å². The first-order valence-corrected chi connectivity index (χ1v) is 7.81. The number of carbonyl (C=O) groups excluding carboxylic acids is 1. The van der Waals surface area contributed by atoms with Gasteiger partial charge >= 0.3 is 5.97 Å².